The minimum Gasteiger partial charge on any atom is -0.341 e. The number of alkyl halides is 3. The molecule has 0 aromatic heterocycles. The molecule has 3 saturated heterocycles. The second kappa shape index (κ2) is 15.6. The Labute approximate surface area is 292 Å². The molecule has 13 heteroatoms. The minimum atomic E-state index is -4.47. The number of carbonyl (C=O) groups excluding carboxylic acids is 3. The Morgan fingerprint density at radius 2 is 1.54 bits per heavy atom. The minimum absolute atomic E-state index is 0.0213. The van der Waals surface area contributed by atoms with Gasteiger partial charge in [0.05, 0.1) is 5.56 Å². The number of likely N-dealkylation sites (N-methyl/N-ethyl adjacent to an activating group) is 1. The van der Waals surface area contributed by atoms with Gasteiger partial charge in [0.2, 0.25) is 5.91 Å². The molecule has 0 saturated carbocycles. The summed E-state index contributed by atoms with van der Waals surface area (Å²) in [6.45, 7) is 8.33. The van der Waals surface area contributed by atoms with Gasteiger partial charge < -0.3 is 30.2 Å². The average molecular weight is 698 g/mol. The van der Waals surface area contributed by atoms with Crippen LogP contribution < -0.4 is 10.6 Å². The number of nitrogens with one attached hydrogen (secondary N) is 2. The molecule has 2 N–H and O–H groups in total. The second-order valence-corrected chi connectivity index (χ2v) is 14.2. The molecule has 4 heterocycles. The summed E-state index contributed by atoms with van der Waals surface area (Å²) in [6.07, 6.45) is -0.523. The summed E-state index contributed by atoms with van der Waals surface area (Å²) < 4.78 is 41.0. The Morgan fingerprint density at radius 3 is 2.22 bits per heavy atom. The Kier molecular flexibility index (Phi) is 11.2. The Hall–Kier alpha value is -3.84. The number of benzene rings is 2. The third-order valence-corrected chi connectivity index (χ3v) is 11.1. The topological polar surface area (TPSA) is 91.5 Å². The third-order valence-electron chi connectivity index (χ3n) is 11.1. The number of anilines is 1. The number of fused-ring (bicyclic) bond motifs is 1. The van der Waals surface area contributed by atoms with Gasteiger partial charge in [-0.1, -0.05) is 37.3 Å². The first-order valence-electron chi connectivity index (χ1n) is 18.1. The number of amides is 5. The van der Waals surface area contributed by atoms with Crippen molar-refractivity contribution in [2.45, 2.75) is 76.2 Å². The highest BCUT2D eigenvalue weighted by Gasteiger charge is 2.36. The van der Waals surface area contributed by atoms with Crippen LogP contribution in [0.3, 0.4) is 0 Å². The molecular formula is C37H50F3N7O3. The number of likely N-dealkylation sites (tertiary alicyclic amines) is 2. The normalized spacial score (nSPS) is 21.0. The molecule has 2 aromatic rings. The lowest BCUT2D eigenvalue weighted by Crippen LogP contribution is -2.58. The van der Waals surface area contributed by atoms with E-state index in [1.54, 1.807) is 11.8 Å². The number of carbonyl (C=O) groups is 3. The number of rotatable bonds is 7. The molecule has 10 nitrogen and oxygen atoms in total. The van der Waals surface area contributed by atoms with E-state index in [1.165, 1.54) is 12.1 Å². The first-order chi connectivity index (χ1) is 24.0. The molecule has 1 atom stereocenters. The summed E-state index contributed by atoms with van der Waals surface area (Å²) >= 11 is 0. The lowest BCUT2D eigenvalue weighted by Gasteiger charge is -2.42. The Bertz CT molecular complexity index is 1510. The van der Waals surface area contributed by atoms with Crippen LogP contribution in [0.5, 0.6) is 0 Å². The van der Waals surface area contributed by atoms with Crippen LogP contribution in [0.15, 0.2) is 42.5 Å². The zero-order valence-electron chi connectivity index (χ0n) is 29.2. The van der Waals surface area contributed by atoms with Crippen molar-refractivity contribution >= 4 is 23.7 Å². The van der Waals surface area contributed by atoms with Gasteiger partial charge in [0, 0.05) is 83.1 Å². The van der Waals surface area contributed by atoms with E-state index in [2.05, 4.69) is 27.5 Å². The largest absolute Gasteiger partial charge is 0.416 e. The molecule has 6 rings (SSSR count). The van der Waals surface area contributed by atoms with Crippen LogP contribution in [-0.2, 0) is 30.2 Å². The van der Waals surface area contributed by atoms with E-state index in [9.17, 15) is 27.6 Å². The number of aryl methyl sites for hydroxylation is 1. The highest BCUT2D eigenvalue weighted by molar-refractivity contribution is 5.91. The van der Waals surface area contributed by atoms with Crippen LogP contribution in [0.4, 0.5) is 28.4 Å². The molecule has 0 aliphatic carbocycles. The van der Waals surface area contributed by atoms with Gasteiger partial charge in [-0.05, 0) is 74.4 Å². The fourth-order valence-electron chi connectivity index (χ4n) is 8.00. The van der Waals surface area contributed by atoms with Gasteiger partial charge in [0.15, 0.2) is 0 Å². The average Bonchev–Trinajstić information content (AvgIpc) is 3.29. The van der Waals surface area contributed by atoms with Crippen molar-refractivity contribution in [2.75, 3.05) is 71.3 Å². The Balaban J connectivity index is 1.11. The molecule has 50 heavy (non-hydrogen) atoms. The summed E-state index contributed by atoms with van der Waals surface area (Å²) in [6, 6.07) is 10.8. The molecular weight excluding hydrogens is 647 g/mol. The van der Waals surface area contributed by atoms with Crippen LogP contribution in [-0.4, -0.2) is 127 Å². The summed E-state index contributed by atoms with van der Waals surface area (Å²) in [5, 5.41) is 6.01. The molecule has 4 aliphatic heterocycles. The van der Waals surface area contributed by atoms with Gasteiger partial charge in [0.25, 0.3) is 0 Å². The number of piperazine rings is 1. The van der Waals surface area contributed by atoms with Crippen LogP contribution in [0, 0.1) is 0 Å². The summed E-state index contributed by atoms with van der Waals surface area (Å²) in [5.41, 5.74) is 2.00. The highest BCUT2D eigenvalue weighted by atomic mass is 19.4. The quantitative estimate of drug-likeness (QED) is 0.439. The highest BCUT2D eigenvalue weighted by Crippen LogP contribution is 2.33. The van der Waals surface area contributed by atoms with Crippen molar-refractivity contribution in [2.24, 2.45) is 0 Å². The van der Waals surface area contributed by atoms with Gasteiger partial charge in [-0.25, -0.2) is 9.59 Å². The van der Waals surface area contributed by atoms with Gasteiger partial charge in [-0.3, -0.25) is 9.69 Å². The first kappa shape index (κ1) is 36.0. The SMILES string of the molecule is CCc1cc(C[C@@H](NC(=O)N2CCC(N3CCc4ccccc4NC3=O)CC2)C(=O)N2CCC(N3CCN(C)CC3)CC2)ccc1C(F)(F)F. The predicted octanol–water partition coefficient (Wildman–Crippen LogP) is 4.68. The number of nitrogens with zero attached hydrogens (tertiary/aromatic N) is 5. The molecule has 4 aliphatic rings. The van der Waals surface area contributed by atoms with Crippen molar-refractivity contribution in [3.8, 4) is 0 Å². The van der Waals surface area contributed by atoms with E-state index in [0.717, 1.165) is 62.8 Å². The van der Waals surface area contributed by atoms with Gasteiger partial charge in [0.1, 0.15) is 6.04 Å². The predicted molar refractivity (Wildman–Crippen MR) is 186 cm³/mol. The maximum absolute atomic E-state index is 14.1. The molecule has 2 aromatic carbocycles. The van der Waals surface area contributed by atoms with E-state index >= 15 is 0 Å². The van der Waals surface area contributed by atoms with E-state index in [0.29, 0.717) is 57.2 Å². The summed E-state index contributed by atoms with van der Waals surface area (Å²) in [7, 11) is 2.13. The molecule has 272 valence electrons. The van der Waals surface area contributed by atoms with Gasteiger partial charge in [-0.15, -0.1) is 0 Å². The molecule has 3 fully saturated rings. The van der Waals surface area contributed by atoms with Gasteiger partial charge >= 0.3 is 18.2 Å². The smallest absolute Gasteiger partial charge is 0.341 e. The van der Waals surface area contributed by atoms with Crippen molar-refractivity contribution in [3.63, 3.8) is 0 Å². The van der Waals surface area contributed by atoms with Crippen molar-refractivity contribution in [1.82, 2.24) is 29.8 Å². The lowest BCUT2D eigenvalue weighted by atomic mass is 9.96. The summed E-state index contributed by atoms with van der Waals surface area (Å²) in [5.74, 6) is -0.205. The Morgan fingerprint density at radius 1 is 0.880 bits per heavy atom. The van der Waals surface area contributed by atoms with Crippen molar-refractivity contribution in [1.29, 1.82) is 0 Å². The van der Waals surface area contributed by atoms with Crippen LogP contribution in [0.25, 0.3) is 0 Å². The number of piperidine rings is 2. The number of urea groups is 2. The number of hydrogen-bond donors (Lipinski definition) is 2. The van der Waals surface area contributed by atoms with Crippen molar-refractivity contribution < 1.29 is 27.6 Å². The van der Waals surface area contributed by atoms with E-state index in [1.807, 2.05) is 34.1 Å². The standard InChI is InChI=1S/C37H50F3N7O3/c1-3-27-24-26(8-9-31(27)37(38,39)40)25-33(34(48)45-15-11-29(12-16-45)44-22-20-43(2)21-23-44)42-35(49)46-17-13-30(14-18-46)47-19-10-28-6-4-5-7-32(28)41-36(47)50/h4-9,24,29-30,33H,3,10-23,25H2,1-2H3,(H,41,50)(H,42,49)/t33-/m1/s1. The summed E-state index contributed by atoms with van der Waals surface area (Å²) in [4.78, 5) is 51.1. The fraction of sp³-hybridized carbons (Fsp3) is 0.595. The van der Waals surface area contributed by atoms with Crippen LogP contribution in [0.1, 0.15) is 54.9 Å². The maximum atomic E-state index is 14.1. The fourth-order valence-corrected chi connectivity index (χ4v) is 8.00. The first-order valence-corrected chi connectivity index (χ1v) is 18.1. The van der Waals surface area contributed by atoms with Crippen LogP contribution in [0.2, 0.25) is 0 Å². The zero-order chi connectivity index (χ0) is 35.4. The number of hydrogen-bond acceptors (Lipinski definition) is 5. The molecule has 0 spiro atoms. The lowest BCUT2D eigenvalue weighted by molar-refractivity contribution is -0.138. The third kappa shape index (κ3) is 8.37. The molecule has 5 amide bonds. The van der Waals surface area contributed by atoms with E-state index < -0.39 is 17.8 Å². The van der Waals surface area contributed by atoms with Gasteiger partial charge in [-0.2, -0.15) is 13.2 Å². The monoisotopic (exact) mass is 697 g/mol. The molecule has 0 bridgehead atoms. The zero-order valence-corrected chi connectivity index (χ0v) is 29.2. The number of para-hydroxylation sites is 1. The molecule has 0 unspecified atom stereocenters. The van der Waals surface area contributed by atoms with Crippen LogP contribution >= 0.6 is 0 Å². The van der Waals surface area contributed by atoms with E-state index in [4.69, 9.17) is 0 Å². The number of halogens is 3. The molecule has 0 radical (unpaired) electrons. The van der Waals surface area contributed by atoms with Crippen molar-refractivity contribution in [3.05, 3.63) is 64.7 Å². The van der Waals surface area contributed by atoms with E-state index in [-0.39, 0.29) is 42.4 Å². The maximum Gasteiger partial charge on any atom is 0.416 e. The second-order valence-electron chi connectivity index (χ2n) is 14.2.